The van der Waals surface area contributed by atoms with E-state index < -0.39 is 0 Å². The zero-order valence-corrected chi connectivity index (χ0v) is 8.77. The van der Waals surface area contributed by atoms with Gasteiger partial charge in [0.1, 0.15) is 5.03 Å². The Morgan fingerprint density at radius 1 is 1.54 bits per heavy atom. The van der Waals surface area contributed by atoms with Gasteiger partial charge in [-0.15, -0.1) is 0 Å². The van der Waals surface area contributed by atoms with Gasteiger partial charge < -0.3 is 11.5 Å². The molecule has 0 atom stereocenters. The molecule has 0 fully saturated rings. The first-order valence-corrected chi connectivity index (χ1v) is 4.69. The van der Waals surface area contributed by atoms with E-state index in [1.54, 1.807) is 0 Å². The molecule has 0 aliphatic rings. The van der Waals surface area contributed by atoms with Crippen LogP contribution in [0.25, 0.3) is 0 Å². The number of aliphatic imine (C=N–C) groups is 1. The van der Waals surface area contributed by atoms with E-state index in [0.29, 0.717) is 5.70 Å². The lowest BCUT2D eigenvalue weighted by Gasteiger charge is -2.03. The predicted octanol–water partition coefficient (Wildman–Crippen LogP) is 1.94. The molecule has 0 aliphatic heterocycles. The molecule has 0 radical (unpaired) electrons. The fourth-order valence-electron chi connectivity index (χ4n) is 0.553. The summed E-state index contributed by atoms with van der Waals surface area (Å²) in [6, 6.07) is 0. The Morgan fingerprint density at radius 2 is 2.15 bits per heavy atom. The van der Waals surface area contributed by atoms with Crippen LogP contribution in [0.5, 0.6) is 0 Å². The zero-order valence-electron chi connectivity index (χ0n) is 7.95. The van der Waals surface area contributed by atoms with Gasteiger partial charge in [0.25, 0.3) is 0 Å². The highest BCUT2D eigenvalue weighted by molar-refractivity contribution is 8.05. The smallest absolute Gasteiger partial charge is 0.107 e. The zero-order chi connectivity index (χ0) is 10.3. The molecule has 0 aromatic carbocycles. The average Bonchev–Trinajstić information content (AvgIpc) is 2.11. The molecule has 13 heavy (non-hydrogen) atoms. The molecule has 0 saturated carbocycles. The molecule has 3 nitrogen and oxygen atoms in total. The molecule has 0 saturated heterocycles. The van der Waals surface area contributed by atoms with Crippen molar-refractivity contribution in [3.63, 3.8) is 0 Å². The molecule has 72 valence electrons. The average molecular weight is 197 g/mol. The number of hydrogen-bond acceptors (Lipinski definition) is 3. The van der Waals surface area contributed by atoms with E-state index >= 15 is 0 Å². The Bertz CT molecular complexity index is 264. The van der Waals surface area contributed by atoms with E-state index in [1.807, 2.05) is 25.3 Å². The highest BCUT2D eigenvalue weighted by atomic mass is 32.2. The van der Waals surface area contributed by atoms with Gasteiger partial charge >= 0.3 is 0 Å². The molecular weight excluding hydrogens is 182 g/mol. The quantitative estimate of drug-likeness (QED) is 0.411. The lowest BCUT2D eigenvalue weighted by Crippen LogP contribution is -1.98. The lowest BCUT2D eigenvalue weighted by molar-refractivity contribution is 1.26. The number of thioether (sulfide) groups is 1. The standard InChI is InChI=1S/C9H15N3S/c1-4-5-13-9(12-6-10)7(2)8(3)11/h4-6H,3,11H2,1-2H3,(H2,10,12)/b5-4?,9-7+. The Labute approximate surface area is 83.3 Å². The van der Waals surface area contributed by atoms with Crippen molar-refractivity contribution in [1.29, 1.82) is 0 Å². The van der Waals surface area contributed by atoms with Crippen molar-refractivity contribution >= 4 is 18.1 Å². The van der Waals surface area contributed by atoms with Crippen molar-refractivity contribution in [1.82, 2.24) is 0 Å². The summed E-state index contributed by atoms with van der Waals surface area (Å²) in [6.07, 6.45) is 3.17. The third-order valence-electron chi connectivity index (χ3n) is 1.31. The normalized spacial score (nSPS) is 13.7. The van der Waals surface area contributed by atoms with Crippen LogP contribution in [-0.4, -0.2) is 6.34 Å². The monoisotopic (exact) mass is 197 g/mol. The molecule has 4 heteroatoms. The topological polar surface area (TPSA) is 64.4 Å². The van der Waals surface area contributed by atoms with E-state index in [1.165, 1.54) is 18.1 Å². The van der Waals surface area contributed by atoms with E-state index in [9.17, 15) is 0 Å². The van der Waals surface area contributed by atoms with Gasteiger partial charge in [0.15, 0.2) is 0 Å². The maximum Gasteiger partial charge on any atom is 0.107 e. The minimum atomic E-state index is 0.512. The van der Waals surface area contributed by atoms with Gasteiger partial charge in [0, 0.05) is 11.3 Å². The molecule has 0 amide bonds. The van der Waals surface area contributed by atoms with Crippen molar-refractivity contribution in [2.75, 3.05) is 0 Å². The van der Waals surface area contributed by atoms with Crippen LogP contribution in [0.15, 0.2) is 39.4 Å². The van der Waals surface area contributed by atoms with Gasteiger partial charge in [-0.1, -0.05) is 24.4 Å². The fraction of sp³-hybridized carbons (Fsp3) is 0.222. The van der Waals surface area contributed by atoms with Crippen molar-refractivity contribution in [2.24, 2.45) is 16.5 Å². The number of nitrogens with zero attached hydrogens (tertiary/aromatic N) is 1. The number of allylic oxidation sites excluding steroid dienone is 2. The third kappa shape index (κ3) is 4.42. The molecular formula is C9H15N3S. The SMILES string of the molecule is C=C(N)/C(C)=C(\N=C/N)SC=CC. The third-order valence-corrected chi connectivity index (χ3v) is 2.35. The molecule has 0 heterocycles. The van der Waals surface area contributed by atoms with Crippen LogP contribution in [0.3, 0.4) is 0 Å². The highest BCUT2D eigenvalue weighted by Crippen LogP contribution is 2.23. The maximum absolute atomic E-state index is 5.53. The summed E-state index contributed by atoms with van der Waals surface area (Å²) in [5.41, 5.74) is 12.1. The second-order valence-electron chi connectivity index (χ2n) is 2.32. The summed E-state index contributed by atoms with van der Waals surface area (Å²) in [5.74, 6) is 0. The maximum atomic E-state index is 5.53. The molecule has 0 aromatic rings. The van der Waals surface area contributed by atoms with Crippen molar-refractivity contribution in [3.8, 4) is 0 Å². The first-order valence-electron chi connectivity index (χ1n) is 3.81. The largest absolute Gasteiger partial charge is 0.399 e. The fourth-order valence-corrected chi connectivity index (χ4v) is 1.25. The Kier molecular flexibility index (Phi) is 5.80. The van der Waals surface area contributed by atoms with Gasteiger partial charge in [-0.2, -0.15) is 0 Å². The Morgan fingerprint density at radius 3 is 2.54 bits per heavy atom. The number of nitrogens with two attached hydrogens (primary N) is 2. The van der Waals surface area contributed by atoms with Crippen molar-refractivity contribution in [3.05, 3.63) is 34.4 Å². The van der Waals surface area contributed by atoms with Crippen LogP contribution in [0.2, 0.25) is 0 Å². The van der Waals surface area contributed by atoms with Gasteiger partial charge in [0.2, 0.25) is 0 Å². The minimum Gasteiger partial charge on any atom is -0.399 e. The van der Waals surface area contributed by atoms with Gasteiger partial charge in [-0.05, 0) is 19.3 Å². The second kappa shape index (κ2) is 6.37. The summed E-state index contributed by atoms with van der Waals surface area (Å²) >= 11 is 1.46. The van der Waals surface area contributed by atoms with Crippen LogP contribution in [-0.2, 0) is 0 Å². The van der Waals surface area contributed by atoms with E-state index in [-0.39, 0.29) is 0 Å². The van der Waals surface area contributed by atoms with Gasteiger partial charge in [-0.25, -0.2) is 4.99 Å². The van der Waals surface area contributed by atoms with Crippen molar-refractivity contribution < 1.29 is 0 Å². The molecule has 0 bridgehead atoms. The summed E-state index contributed by atoms with van der Waals surface area (Å²) in [6.45, 7) is 7.43. The molecule has 0 aliphatic carbocycles. The summed E-state index contributed by atoms with van der Waals surface area (Å²) in [7, 11) is 0. The van der Waals surface area contributed by atoms with E-state index in [0.717, 1.165) is 10.6 Å². The van der Waals surface area contributed by atoms with E-state index in [4.69, 9.17) is 11.5 Å². The van der Waals surface area contributed by atoms with Gasteiger partial charge in [-0.3, -0.25) is 0 Å². The lowest BCUT2D eigenvalue weighted by atomic mass is 10.3. The van der Waals surface area contributed by atoms with Gasteiger partial charge in [0.05, 0.1) is 6.34 Å². The minimum absolute atomic E-state index is 0.512. The molecule has 0 spiro atoms. The molecule has 4 N–H and O–H groups in total. The Hall–Kier alpha value is -1.16. The van der Waals surface area contributed by atoms with Crippen LogP contribution in [0, 0.1) is 0 Å². The summed E-state index contributed by atoms with van der Waals surface area (Å²) < 4.78 is 0. The van der Waals surface area contributed by atoms with Crippen LogP contribution < -0.4 is 11.5 Å². The predicted molar refractivity (Wildman–Crippen MR) is 61.1 cm³/mol. The Balaban J connectivity index is 4.76. The van der Waals surface area contributed by atoms with Crippen LogP contribution >= 0.6 is 11.8 Å². The summed E-state index contributed by atoms with van der Waals surface area (Å²) in [4.78, 5) is 3.99. The number of hydrogen-bond donors (Lipinski definition) is 2. The molecule has 0 aromatic heterocycles. The first kappa shape index (κ1) is 11.8. The van der Waals surface area contributed by atoms with Crippen LogP contribution in [0.4, 0.5) is 0 Å². The van der Waals surface area contributed by atoms with E-state index in [2.05, 4.69) is 11.6 Å². The van der Waals surface area contributed by atoms with Crippen LogP contribution in [0.1, 0.15) is 13.8 Å². The first-order chi connectivity index (χ1) is 6.13. The second-order valence-corrected chi connectivity index (χ2v) is 3.22. The van der Waals surface area contributed by atoms with Crippen molar-refractivity contribution in [2.45, 2.75) is 13.8 Å². The number of rotatable bonds is 4. The highest BCUT2D eigenvalue weighted by Gasteiger charge is 2.00. The molecule has 0 unspecified atom stereocenters. The molecule has 0 rings (SSSR count). The summed E-state index contributed by atoms with van der Waals surface area (Å²) in [5, 5.41) is 2.68.